The molecule has 0 amide bonds. The minimum absolute atomic E-state index is 0.898. The van der Waals surface area contributed by atoms with E-state index in [1.165, 1.54) is 16.3 Å². The van der Waals surface area contributed by atoms with Gasteiger partial charge in [-0.3, -0.25) is 4.99 Å². The fraction of sp³-hybridized carbons (Fsp3) is 0.0244. The van der Waals surface area contributed by atoms with Crippen molar-refractivity contribution in [2.45, 2.75) is 6.92 Å². The summed E-state index contributed by atoms with van der Waals surface area (Å²) in [6, 6.07) is 49.4. The van der Waals surface area contributed by atoms with Crippen LogP contribution in [0.3, 0.4) is 0 Å². The first kappa shape index (κ1) is 26.3. The minimum atomic E-state index is 0.898. The molecule has 0 aliphatic heterocycles. The lowest BCUT2D eigenvalue weighted by Gasteiger charge is -2.14. The van der Waals surface area contributed by atoms with Crippen LogP contribution < -0.4 is 0 Å². The van der Waals surface area contributed by atoms with Gasteiger partial charge in [0.15, 0.2) is 0 Å². The molecule has 0 aliphatic carbocycles. The van der Waals surface area contributed by atoms with Crippen molar-refractivity contribution in [1.29, 1.82) is 0 Å². The highest BCUT2D eigenvalue weighted by atomic mass is 14.7. The van der Waals surface area contributed by atoms with Crippen LogP contribution in [0.1, 0.15) is 12.5 Å². The fourth-order valence-corrected chi connectivity index (χ4v) is 5.89. The van der Waals surface area contributed by atoms with Gasteiger partial charge in [0, 0.05) is 22.1 Å². The molecule has 43 heavy (non-hydrogen) atoms. The first-order valence-electron chi connectivity index (χ1n) is 14.5. The van der Waals surface area contributed by atoms with Crippen LogP contribution in [0.15, 0.2) is 151 Å². The summed E-state index contributed by atoms with van der Waals surface area (Å²) in [5, 5.41) is 3.55. The van der Waals surface area contributed by atoms with Crippen molar-refractivity contribution in [3.05, 3.63) is 151 Å². The Morgan fingerprint density at radius 3 is 2.02 bits per heavy atom. The summed E-state index contributed by atoms with van der Waals surface area (Å²) in [5.74, 6) is 0. The molecule has 0 fully saturated rings. The largest absolute Gasteiger partial charge is 0.263 e. The molecule has 0 aliphatic rings. The number of rotatable bonds is 6. The van der Waals surface area contributed by atoms with Crippen molar-refractivity contribution in [3.63, 3.8) is 0 Å². The standard InChI is InChI=1S/C41H30N2/c1-3-10-32-15-9-16-36(41(32)42-2)30-18-20-31(21-19-30)38-27-39(35-22-17-29-13-7-8-14-33(29)25-35)43-40-26-34(23-24-37(38)40)28-11-5-4-6-12-28/h3-27H,2H2,1H3/b10-3-. The molecule has 204 valence electrons. The van der Waals surface area contributed by atoms with E-state index in [1.807, 2.05) is 19.1 Å². The summed E-state index contributed by atoms with van der Waals surface area (Å²) in [4.78, 5) is 9.59. The maximum atomic E-state index is 5.21. The Balaban J connectivity index is 1.39. The smallest absolute Gasteiger partial charge is 0.0772 e. The van der Waals surface area contributed by atoms with E-state index < -0.39 is 0 Å². The number of pyridine rings is 1. The van der Waals surface area contributed by atoms with Gasteiger partial charge in [0.05, 0.1) is 16.9 Å². The highest BCUT2D eigenvalue weighted by molar-refractivity contribution is 5.99. The van der Waals surface area contributed by atoms with Gasteiger partial charge in [-0.05, 0) is 70.4 Å². The molecule has 7 aromatic rings. The summed E-state index contributed by atoms with van der Waals surface area (Å²) in [5.41, 5.74) is 11.8. The monoisotopic (exact) mass is 550 g/mol. The molecule has 2 nitrogen and oxygen atoms in total. The van der Waals surface area contributed by atoms with Crippen LogP contribution in [0.4, 0.5) is 5.69 Å². The van der Waals surface area contributed by atoms with E-state index >= 15 is 0 Å². The number of fused-ring (bicyclic) bond motifs is 2. The normalized spacial score (nSPS) is 11.4. The molecule has 6 aromatic carbocycles. The van der Waals surface area contributed by atoms with Crippen LogP contribution in [-0.4, -0.2) is 11.7 Å². The van der Waals surface area contributed by atoms with Crippen molar-refractivity contribution < 1.29 is 0 Å². The molecule has 0 saturated heterocycles. The predicted octanol–water partition coefficient (Wildman–Crippen LogP) is 11.4. The molecule has 0 unspecified atom stereocenters. The van der Waals surface area contributed by atoms with Crippen molar-refractivity contribution in [2.75, 3.05) is 0 Å². The summed E-state index contributed by atoms with van der Waals surface area (Å²) >= 11 is 0. The van der Waals surface area contributed by atoms with Crippen LogP contribution in [0.2, 0.25) is 0 Å². The number of hydrogen-bond acceptors (Lipinski definition) is 2. The molecule has 1 aromatic heterocycles. The number of allylic oxidation sites excluding steroid dienone is 1. The maximum absolute atomic E-state index is 5.21. The van der Waals surface area contributed by atoms with Gasteiger partial charge in [-0.15, -0.1) is 0 Å². The van der Waals surface area contributed by atoms with Crippen molar-refractivity contribution in [1.82, 2.24) is 4.98 Å². The van der Waals surface area contributed by atoms with Gasteiger partial charge in [0.25, 0.3) is 0 Å². The van der Waals surface area contributed by atoms with Gasteiger partial charge in [-0.2, -0.15) is 0 Å². The fourth-order valence-electron chi connectivity index (χ4n) is 5.89. The zero-order valence-electron chi connectivity index (χ0n) is 24.0. The van der Waals surface area contributed by atoms with Gasteiger partial charge in [-0.1, -0.05) is 133 Å². The highest BCUT2D eigenvalue weighted by Gasteiger charge is 2.13. The average molecular weight is 551 g/mol. The summed E-state index contributed by atoms with van der Waals surface area (Å²) in [6.45, 7) is 5.87. The molecular weight excluding hydrogens is 520 g/mol. The lowest BCUT2D eigenvalue weighted by atomic mass is 9.93. The molecule has 7 rings (SSSR count). The van der Waals surface area contributed by atoms with Crippen LogP contribution in [-0.2, 0) is 0 Å². The summed E-state index contributed by atoms with van der Waals surface area (Å²) < 4.78 is 0. The van der Waals surface area contributed by atoms with Crippen LogP contribution in [0, 0.1) is 0 Å². The number of para-hydroxylation sites is 1. The minimum Gasteiger partial charge on any atom is -0.263 e. The number of benzene rings is 6. The Morgan fingerprint density at radius 2 is 1.26 bits per heavy atom. The Bertz CT molecular complexity index is 2140. The Hall–Kier alpha value is -5.60. The molecule has 0 N–H and O–H groups in total. The second-order valence-electron chi connectivity index (χ2n) is 10.7. The second-order valence-corrected chi connectivity index (χ2v) is 10.7. The van der Waals surface area contributed by atoms with E-state index in [0.717, 1.165) is 61.2 Å². The summed E-state index contributed by atoms with van der Waals surface area (Å²) in [7, 11) is 0. The Kier molecular flexibility index (Phi) is 6.94. The first-order valence-corrected chi connectivity index (χ1v) is 14.5. The van der Waals surface area contributed by atoms with Crippen LogP contribution in [0.5, 0.6) is 0 Å². The maximum Gasteiger partial charge on any atom is 0.0772 e. The molecule has 1 heterocycles. The van der Waals surface area contributed by atoms with E-state index in [0.29, 0.717) is 0 Å². The third-order valence-corrected chi connectivity index (χ3v) is 8.04. The molecule has 0 radical (unpaired) electrons. The third-order valence-electron chi connectivity index (χ3n) is 8.04. The predicted molar refractivity (Wildman–Crippen MR) is 185 cm³/mol. The molecule has 2 heteroatoms. The molecule has 0 saturated carbocycles. The first-order chi connectivity index (χ1) is 21.2. The van der Waals surface area contributed by atoms with E-state index in [2.05, 4.69) is 151 Å². The molecule has 0 spiro atoms. The van der Waals surface area contributed by atoms with E-state index in [4.69, 9.17) is 4.98 Å². The number of nitrogens with zero attached hydrogens (tertiary/aromatic N) is 2. The topological polar surface area (TPSA) is 25.2 Å². The molecular formula is C41H30N2. The average Bonchev–Trinajstić information content (AvgIpc) is 3.08. The lowest BCUT2D eigenvalue weighted by Crippen LogP contribution is -1.91. The summed E-state index contributed by atoms with van der Waals surface area (Å²) in [6.07, 6.45) is 4.10. The Morgan fingerprint density at radius 1 is 0.558 bits per heavy atom. The zero-order valence-corrected chi connectivity index (χ0v) is 24.0. The Labute approximate surface area is 252 Å². The van der Waals surface area contributed by atoms with Gasteiger partial charge in [0.1, 0.15) is 0 Å². The molecule has 0 atom stereocenters. The van der Waals surface area contributed by atoms with E-state index in [9.17, 15) is 0 Å². The number of aliphatic imine (C=N–C) groups is 1. The van der Waals surface area contributed by atoms with Crippen molar-refractivity contribution in [2.24, 2.45) is 4.99 Å². The van der Waals surface area contributed by atoms with Crippen LogP contribution in [0.25, 0.3) is 72.4 Å². The molecule has 0 bridgehead atoms. The van der Waals surface area contributed by atoms with E-state index in [1.54, 1.807) is 0 Å². The SMILES string of the molecule is C=Nc1c(/C=C\C)cccc1-c1ccc(-c2cc(-c3ccc4ccccc4c3)nc3cc(-c4ccccc4)ccc23)cc1. The van der Waals surface area contributed by atoms with Gasteiger partial charge < -0.3 is 0 Å². The number of hydrogen-bond donors (Lipinski definition) is 0. The van der Waals surface area contributed by atoms with Crippen molar-refractivity contribution >= 4 is 40.2 Å². The number of aromatic nitrogens is 1. The van der Waals surface area contributed by atoms with Gasteiger partial charge in [-0.25, -0.2) is 4.98 Å². The second kappa shape index (κ2) is 11.3. The van der Waals surface area contributed by atoms with E-state index in [-0.39, 0.29) is 0 Å². The quantitative estimate of drug-likeness (QED) is 0.189. The lowest BCUT2D eigenvalue weighted by molar-refractivity contribution is 1.40. The van der Waals surface area contributed by atoms with Gasteiger partial charge in [0.2, 0.25) is 0 Å². The zero-order chi connectivity index (χ0) is 29.2. The third kappa shape index (κ3) is 5.05. The van der Waals surface area contributed by atoms with Gasteiger partial charge >= 0.3 is 0 Å². The highest BCUT2D eigenvalue weighted by Crippen LogP contribution is 2.38. The van der Waals surface area contributed by atoms with Crippen LogP contribution >= 0.6 is 0 Å². The van der Waals surface area contributed by atoms with Crippen molar-refractivity contribution in [3.8, 4) is 44.6 Å².